The Morgan fingerprint density at radius 1 is 1.17 bits per heavy atom. The Balaban J connectivity index is 1.66. The fraction of sp³-hybridized carbons (Fsp3) is 0.235. The van der Waals surface area contributed by atoms with Gasteiger partial charge >= 0.3 is 0 Å². The van der Waals surface area contributed by atoms with Crippen molar-refractivity contribution in [2.75, 3.05) is 18.1 Å². The van der Waals surface area contributed by atoms with Crippen molar-refractivity contribution >= 4 is 17.6 Å². The zero-order chi connectivity index (χ0) is 15.9. The number of aryl methyl sites for hydroxylation is 1. The van der Waals surface area contributed by atoms with Crippen LogP contribution >= 0.6 is 11.8 Å². The van der Waals surface area contributed by atoms with Crippen LogP contribution in [0.1, 0.15) is 6.42 Å². The number of benzene rings is 1. The summed E-state index contributed by atoms with van der Waals surface area (Å²) >= 11 is 1.55. The monoisotopic (exact) mass is 325 g/mol. The molecule has 0 saturated heterocycles. The van der Waals surface area contributed by atoms with Crippen LogP contribution in [0.3, 0.4) is 0 Å². The molecule has 1 aromatic carbocycles. The van der Waals surface area contributed by atoms with E-state index in [4.69, 9.17) is 0 Å². The zero-order valence-electron chi connectivity index (χ0n) is 13.0. The Labute approximate surface area is 140 Å². The maximum absolute atomic E-state index is 4.59. The molecule has 0 radical (unpaired) electrons. The maximum atomic E-state index is 4.59. The van der Waals surface area contributed by atoms with Crippen LogP contribution in [-0.4, -0.2) is 32.3 Å². The first-order chi connectivity index (χ1) is 11.3. The van der Waals surface area contributed by atoms with Gasteiger partial charge in [-0.25, -0.2) is 15.0 Å². The molecule has 3 rings (SSSR count). The van der Waals surface area contributed by atoms with Crippen molar-refractivity contribution in [1.82, 2.24) is 19.5 Å². The fourth-order valence-corrected chi connectivity index (χ4v) is 2.64. The highest BCUT2D eigenvalue weighted by Crippen LogP contribution is 2.22. The highest BCUT2D eigenvalue weighted by atomic mass is 32.2. The predicted octanol–water partition coefficient (Wildman–Crippen LogP) is 3.56. The Morgan fingerprint density at radius 3 is 2.78 bits per heavy atom. The maximum Gasteiger partial charge on any atom is 0.189 e. The van der Waals surface area contributed by atoms with Crippen LogP contribution in [-0.2, 0) is 6.54 Å². The second-order valence-electron chi connectivity index (χ2n) is 5.07. The molecular formula is C17H19N5S. The number of nitrogens with zero attached hydrogens (tertiary/aromatic N) is 4. The van der Waals surface area contributed by atoms with E-state index in [1.165, 1.54) is 0 Å². The molecule has 2 heterocycles. The van der Waals surface area contributed by atoms with Gasteiger partial charge in [0.2, 0.25) is 0 Å². The summed E-state index contributed by atoms with van der Waals surface area (Å²) in [5, 5.41) is 4.17. The summed E-state index contributed by atoms with van der Waals surface area (Å²) in [5.74, 6) is 0.869. The molecule has 5 nitrogen and oxygen atoms in total. The molecule has 1 N–H and O–H groups in total. The average Bonchev–Trinajstić information content (AvgIpc) is 3.13. The van der Waals surface area contributed by atoms with Crippen LogP contribution in [0.5, 0.6) is 0 Å². The lowest BCUT2D eigenvalue weighted by atomic mass is 10.1. The van der Waals surface area contributed by atoms with E-state index in [-0.39, 0.29) is 0 Å². The molecule has 0 aliphatic carbocycles. The lowest BCUT2D eigenvalue weighted by Crippen LogP contribution is -2.08. The largest absolute Gasteiger partial charge is 0.370 e. The van der Waals surface area contributed by atoms with Gasteiger partial charge in [0.05, 0.1) is 12.0 Å². The third kappa shape index (κ3) is 4.32. The number of imidazole rings is 1. The first-order valence-electron chi connectivity index (χ1n) is 7.53. The average molecular weight is 325 g/mol. The van der Waals surface area contributed by atoms with Gasteiger partial charge in [-0.05, 0) is 12.7 Å². The molecular weight excluding hydrogens is 306 g/mol. The van der Waals surface area contributed by atoms with E-state index in [1.54, 1.807) is 18.0 Å². The molecule has 3 aromatic rings. The van der Waals surface area contributed by atoms with Gasteiger partial charge < -0.3 is 9.88 Å². The molecule has 118 valence electrons. The second-order valence-corrected chi connectivity index (χ2v) is 5.85. The Morgan fingerprint density at radius 2 is 2.04 bits per heavy atom. The Kier molecular flexibility index (Phi) is 5.26. The summed E-state index contributed by atoms with van der Waals surface area (Å²) in [5.41, 5.74) is 2.05. The minimum Gasteiger partial charge on any atom is -0.370 e. The number of rotatable bonds is 7. The number of hydrogen-bond acceptors (Lipinski definition) is 5. The third-order valence-corrected chi connectivity index (χ3v) is 3.96. The minimum atomic E-state index is 0.781. The quantitative estimate of drug-likeness (QED) is 0.409. The Bertz CT molecular complexity index is 728. The van der Waals surface area contributed by atoms with Crippen molar-refractivity contribution in [3.63, 3.8) is 0 Å². The molecule has 23 heavy (non-hydrogen) atoms. The highest BCUT2D eigenvalue weighted by Gasteiger charge is 2.05. The topological polar surface area (TPSA) is 55.6 Å². The summed E-state index contributed by atoms with van der Waals surface area (Å²) in [4.78, 5) is 13.2. The third-order valence-electron chi connectivity index (χ3n) is 3.42. The summed E-state index contributed by atoms with van der Waals surface area (Å²) in [6, 6.07) is 12.2. The molecule has 0 saturated carbocycles. The van der Waals surface area contributed by atoms with Crippen molar-refractivity contribution in [2.45, 2.75) is 18.1 Å². The van der Waals surface area contributed by atoms with Crippen LogP contribution in [0.4, 0.5) is 5.82 Å². The smallest absolute Gasteiger partial charge is 0.189 e. The first kappa shape index (κ1) is 15.6. The van der Waals surface area contributed by atoms with E-state index < -0.39 is 0 Å². The predicted molar refractivity (Wildman–Crippen MR) is 94.6 cm³/mol. The van der Waals surface area contributed by atoms with E-state index in [0.717, 1.165) is 41.7 Å². The van der Waals surface area contributed by atoms with Crippen LogP contribution in [0, 0.1) is 0 Å². The van der Waals surface area contributed by atoms with E-state index in [1.807, 2.05) is 43.0 Å². The minimum absolute atomic E-state index is 0.781. The lowest BCUT2D eigenvalue weighted by Gasteiger charge is -2.09. The van der Waals surface area contributed by atoms with Gasteiger partial charge in [0.25, 0.3) is 0 Å². The number of aromatic nitrogens is 4. The van der Waals surface area contributed by atoms with E-state index in [9.17, 15) is 0 Å². The molecule has 0 aliphatic rings. The number of nitrogens with one attached hydrogen (secondary N) is 1. The highest BCUT2D eigenvalue weighted by molar-refractivity contribution is 7.98. The zero-order valence-corrected chi connectivity index (χ0v) is 13.8. The molecule has 6 heteroatoms. The van der Waals surface area contributed by atoms with E-state index in [0.29, 0.717) is 0 Å². The van der Waals surface area contributed by atoms with Crippen LogP contribution in [0.2, 0.25) is 0 Å². The van der Waals surface area contributed by atoms with Gasteiger partial charge in [-0.15, -0.1) is 0 Å². The van der Waals surface area contributed by atoms with Crippen LogP contribution in [0.25, 0.3) is 11.3 Å². The van der Waals surface area contributed by atoms with Gasteiger partial charge in [0, 0.05) is 37.1 Å². The van der Waals surface area contributed by atoms with E-state index in [2.05, 4.69) is 37.0 Å². The van der Waals surface area contributed by atoms with Crippen LogP contribution < -0.4 is 5.32 Å². The number of anilines is 1. The Hall–Kier alpha value is -2.34. The first-order valence-corrected chi connectivity index (χ1v) is 8.76. The van der Waals surface area contributed by atoms with Crippen LogP contribution in [0.15, 0.2) is 60.3 Å². The summed E-state index contributed by atoms with van der Waals surface area (Å²) in [7, 11) is 0. The van der Waals surface area contributed by atoms with Crippen molar-refractivity contribution in [3.05, 3.63) is 55.1 Å². The van der Waals surface area contributed by atoms with Gasteiger partial charge in [0.15, 0.2) is 5.16 Å². The van der Waals surface area contributed by atoms with Crippen molar-refractivity contribution in [1.29, 1.82) is 0 Å². The molecule has 0 atom stereocenters. The molecule has 2 aromatic heterocycles. The van der Waals surface area contributed by atoms with Crippen molar-refractivity contribution in [3.8, 4) is 11.3 Å². The molecule has 0 spiro atoms. The van der Waals surface area contributed by atoms with Gasteiger partial charge in [0.1, 0.15) is 5.82 Å². The van der Waals surface area contributed by atoms with Gasteiger partial charge in [-0.2, -0.15) is 0 Å². The van der Waals surface area contributed by atoms with Gasteiger partial charge in [-0.3, -0.25) is 0 Å². The lowest BCUT2D eigenvalue weighted by molar-refractivity contribution is 0.659. The van der Waals surface area contributed by atoms with Gasteiger partial charge in [-0.1, -0.05) is 42.1 Å². The normalized spacial score (nSPS) is 10.7. The number of hydrogen-bond donors (Lipinski definition) is 1. The second kappa shape index (κ2) is 7.78. The summed E-state index contributed by atoms with van der Waals surface area (Å²) in [6.45, 7) is 1.80. The molecule has 0 bridgehead atoms. The molecule has 0 aliphatic heterocycles. The SMILES string of the molecule is CSc1nc(NCCCn2ccnc2)cc(-c2ccccc2)n1. The van der Waals surface area contributed by atoms with Crippen molar-refractivity contribution < 1.29 is 0 Å². The fourth-order valence-electron chi connectivity index (χ4n) is 2.26. The van der Waals surface area contributed by atoms with E-state index >= 15 is 0 Å². The standard InChI is InChI=1S/C17H19N5S/c1-23-17-20-15(14-6-3-2-4-7-14)12-16(21-17)19-8-5-10-22-11-9-18-13-22/h2-4,6-7,9,11-13H,5,8,10H2,1H3,(H,19,20,21). The molecule has 0 amide bonds. The molecule has 0 unspecified atom stereocenters. The number of thioether (sulfide) groups is 1. The summed E-state index contributed by atoms with van der Waals surface area (Å²) in [6.07, 6.45) is 8.62. The van der Waals surface area contributed by atoms with Crippen molar-refractivity contribution in [2.24, 2.45) is 0 Å². The molecule has 0 fully saturated rings. The summed E-state index contributed by atoms with van der Waals surface area (Å²) < 4.78 is 2.07.